The highest BCUT2D eigenvalue weighted by Crippen LogP contribution is 2.50. The van der Waals surface area contributed by atoms with E-state index in [2.05, 4.69) is 63.7 Å². The first-order valence-electron chi connectivity index (χ1n) is 26.2. The van der Waals surface area contributed by atoms with E-state index in [-0.39, 0.29) is 27.3 Å². The fourth-order valence-corrected chi connectivity index (χ4v) is 12.5. The molecule has 0 aliphatic heterocycles. The van der Waals surface area contributed by atoms with Crippen LogP contribution >= 0.6 is 63.7 Å². The van der Waals surface area contributed by atoms with E-state index in [0.717, 1.165) is 68.6 Å². The number of halogens is 15. The molecule has 0 saturated heterocycles. The average molecular weight is 1630 g/mol. The Labute approximate surface area is 567 Å². The van der Waals surface area contributed by atoms with E-state index in [1.54, 1.807) is 13.8 Å². The largest absolute Gasteiger partial charge is 0.507 e. The van der Waals surface area contributed by atoms with E-state index in [0.29, 0.717) is 73.0 Å². The molecule has 37 heteroatoms. The highest BCUT2D eigenvalue weighted by Gasteiger charge is 2.46. The second-order valence-corrected chi connectivity index (χ2v) is 24.5. The summed E-state index contributed by atoms with van der Waals surface area (Å²) in [5.74, 6) is -2.98. The molecule has 6 aromatic rings. The Balaban J connectivity index is 0.000000569. The lowest BCUT2D eigenvalue weighted by molar-refractivity contribution is -0.142. The molecule has 6 aromatic carbocycles. The number of primary sulfonamides is 1. The zero-order chi connectivity index (χ0) is 74.3. The lowest BCUT2D eigenvalue weighted by atomic mass is 9.93. The molecule has 0 bridgehead atoms. The number of rotatable bonds is 7. The maximum absolute atomic E-state index is 12.8. The Bertz CT molecular complexity index is 3690. The molecule has 0 aromatic heterocycles. The summed E-state index contributed by atoms with van der Waals surface area (Å²) in [6.07, 6.45) is -18.9. The first-order valence-corrected chi connectivity index (χ1v) is 31.9. The SMILES string of the molecule is CC(=O)Oc1c(C)c(N)c(C)c(N)c1C.Cc1c(N)c(C(F)(F)F)c(N)c(C(F)(F)F)c1C(=O)O.Cc1c(N)c(C(F)F)c(N)c(C(F)(F)F)c1O.Cc1c(N)c(C)c(Br)c(C)c1N.Cc1c(N)c(C)c(O)c(C)c1N.Nc1c(CBr)c(N)c(CBr)c(S(N)(=O)=O)c1CBr. The minimum atomic E-state index is -5.36. The summed E-state index contributed by atoms with van der Waals surface area (Å²) in [5, 5.41) is 33.8. The van der Waals surface area contributed by atoms with E-state index in [1.807, 2.05) is 48.5 Å². The normalized spacial score (nSPS) is 11.4. The molecule has 0 amide bonds. The summed E-state index contributed by atoms with van der Waals surface area (Å²) in [6, 6.07) is 0. The molecule has 21 nitrogen and oxygen atoms in total. The zero-order valence-corrected chi connectivity index (χ0v) is 59.3. The summed E-state index contributed by atoms with van der Waals surface area (Å²) in [6.45, 7) is 19.9. The molecule has 0 atom stereocenters. The number of alkyl halides is 14. The summed E-state index contributed by atoms with van der Waals surface area (Å²) in [5.41, 5.74) is 66.6. The highest BCUT2D eigenvalue weighted by molar-refractivity contribution is 9.10. The number of aromatic carboxylic acids is 1. The number of hydrogen-bond acceptors (Lipinski definition) is 19. The number of aromatic hydroxyl groups is 2. The first kappa shape index (κ1) is 84.5. The fraction of sp³-hybridized carbons (Fsp3) is 0.333. The summed E-state index contributed by atoms with van der Waals surface area (Å²) in [4.78, 5) is 21.8. The maximum Gasteiger partial charge on any atom is 0.421 e. The second-order valence-electron chi connectivity index (χ2n) is 20.5. The minimum Gasteiger partial charge on any atom is -0.507 e. The highest BCUT2D eigenvalue weighted by atomic mass is 79.9. The average Bonchev–Trinajstić information content (AvgIpc) is 0.761. The molecule has 0 aliphatic rings. The molecule has 0 aliphatic carbocycles. The van der Waals surface area contributed by atoms with Crippen molar-refractivity contribution in [3.63, 3.8) is 0 Å². The van der Waals surface area contributed by atoms with Crippen LogP contribution in [0.3, 0.4) is 0 Å². The van der Waals surface area contributed by atoms with Gasteiger partial charge < -0.3 is 88.9 Å². The molecule has 0 saturated carbocycles. The lowest BCUT2D eigenvalue weighted by Crippen LogP contribution is -2.23. The third-order valence-corrected chi connectivity index (χ3v) is 18.6. The molecular weight excluding hydrogens is 1560 g/mol. The molecular formula is C57H72Br4F11N13O8S. The Morgan fingerprint density at radius 3 is 1.05 bits per heavy atom. The van der Waals surface area contributed by atoms with Crippen LogP contribution < -0.4 is 78.7 Å². The van der Waals surface area contributed by atoms with Crippen LogP contribution in [-0.4, -0.2) is 35.7 Å². The third kappa shape index (κ3) is 18.5. The van der Waals surface area contributed by atoms with Gasteiger partial charge in [-0.25, -0.2) is 27.1 Å². The van der Waals surface area contributed by atoms with Crippen LogP contribution in [0, 0.1) is 76.2 Å². The van der Waals surface area contributed by atoms with Gasteiger partial charge >= 0.3 is 30.5 Å². The third-order valence-electron chi connectivity index (χ3n) is 14.6. The Morgan fingerprint density at radius 2 is 0.766 bits per heavy atom. The van der Waals surface area contributed by atoms with Crippen LogP contribution in [0.2, 0.25) is 0 Å². The number of nitrogen functional groups attached to an aromatic ring is 12. The Hall–Kier alpha value is -7.48. The van der Waals surface area contributed by atoms with Crippen molar-refractivity contribution in [2.75, 3.05) is 68.8 Å². The standard InChI is InChI=1S/C11H16N2O2.C10H8F6N2O2.C9H12Br3N3O2S.C9H13BrN2.C9H9F5N2O.C9H14N2O/c1-5-9(12)6(2)11(15-8(4)14)7(3)10(5)13;1-2-3(8(19)20)4(9(11,12)13)7(18)5(6(2)17)10(14,15)16;10-1-4-7(13)5(2-11)9(18(15,16)17)6(3-12)8(4)14;1-4-7(10)5(2)9(12)6(3)8(4)11;1-2-5(15)3(8(10)11)6(16)4(7(2)17)9(12,13)14;1-4-7(10)5(2)9(12)6(3)8(4)11/h12-13H2,1-4H3;17-18H2,1H3,(H,19,20);1-3,13-14H2,(H2,15,16,17);11-12H2,1-3H3;8,17H,15-16H2,1H3;12H,10-11H2,1-3H3. The number of benzene rings is 6. The minimum absolute atomic E-state index is 0.00375. The Kier molecular flexibility index (Phi) is 29.0. The van der Waals surface area contributed by atoms with Crippen LogP contribution in [0.4, 0.5) is 117 Å². The number of phenols is 2. The molecule has 524 valence electrons. The summed E-state index contributed by atoms with van der Waals surface area (Å²) >= 11 is 13.2. The van der Waals surface area contributed by atoms with Crippen LogP contribution in [0.5, 0.6) is 17.2 Å². The topological polar surface area (TPSA) is 476 Å². The zero-order valence-electron chi connectivity index (χ0n) is 52.2. The molecule has 0 unspecified atom stereocenters. The number of ether oxygens (including phenoxy) is 1. The van der Waals surface area contributed by atoms with Crippen LogP contribution in [0.15, 0.2) is 9.37 Å². The van der Waals surface area contributed by atoms with Gasteiger partial charge in [-0.05, 0) is 110 Å². The summed E-state index contributed by atoms with van der Waals surface area (Å²) in [7, 11) is -3.89. The molecule has 29 N–H and O–H groups in total. The Morgan fingerprint density at radius 1 is 0.447 bits per heavy atom. The van der Waals surface area contributed by atoms with Crippen molar-refractivity contribution in [3.05, 3.63) is 110 Å². The van der Waals surface area contributed by atoms with E-state index in [9.17, 15) is 76.5 Å². The van der Waals surface area contributed by atoms with Crippen LogP contribution in [0.1, 0.15) is 124 Å². The predicted molar refractivity (Wildman–Crippen MR) is 362 cm³/mol. The predicted octanol–water partition coefficient (Wildman–Crippen LogP) is 13.6. The number of nitrogens with two attached hydrogens (primary N) is 13. The molecule has 0 fully saturated rings. The van der Waals surface area contributed by atoms with Gasteiger partial charge in [0.05, 0.1) is 33.0 Å². The van der Waals surface area contributed by atoms with Crippen molar-refractivity contribution in [1.82, 2.24) is 0 Å². The monoisotopic (exact) mass is 1620 g/mol. The van der Waals surface area contributed by atoms with Crippen molar-refractivity contribution in [3.8, 4) is 17.2 Å². The van der Waals surface area contributed by atoms with Gasteiger partial charge in [-0.15, -0.1) is 0 Å². The molecule has 94 heavy (non-hydrogen) atoms. The van der Waals surface area contributed by atoms with Crippen molar-refractivity contribution < 1.29 is 86.4 Å². The number of anilines is 12. The molecule has 0 spiro atoms. The van der Waals surface area contributed by atoms with E-state index in [4.69, 9.17) is 83.8 Å². The van der Waals surface area contributed by atoms with Gasteiger partial charge in [-0.1, -0.05) is 63.7 Å². The summed E-state index contributed by atoms with van der Waals surface area (Å²) < 4.78 is 169. The van der Waals surface area contributed by atoms with Gasteiger partial charge in [0, 0.05) is 129 Å². The van der Waals surface area contributed by atoms with Gasteiger partial charge in [0.25, 0.3) is 6.43 Å². The second kappa shape index (κ2) is 32.3. The van der Waals surface area contributed by atoms with Crippen molar-refractivity contribution >= 4 is 154 Å². The smallest absolute Gasteiger partial charge is 0.421 e. The van der Waals surface area contributed by atoms with Crippen molar-refractivity contribution in [2.24, 2.45) is 5.14 Å². The number of phenolic OH excluding ortho intramolecular Hbond substituents is 2. The van der Waals surface area contributed by atoms with Crippen LogP contribution in [-0.2, 0) is 49.3 Å². The van der Waals surface area contributed by atoms with E-state index < -0.39 is 108 Å². The van der Waals surface area contributed by atoms with Gasteiger partial charge in [0.15, 0.2) is 0 Å². The van der Waals surface area contributed by atoms with Gasteiger partial charge in [0.1, 0.15) is 28.4 Å². The van der Waals surface area contributed by atoms with E-state index >= 15 is 0 Å². The van der Waals surface area contributed by atoms with Crippen molar-refractivity contribution in [2.45, 2.75) is 129 Å². The number of carboxylic acids is 1. The molecule has 6 rings (SSSR count). The number of esters is 1. The lowest BCUT2D eigenvalue weighted by Gasteiger charge is -2.22. The number of carbonyl (C=O) groups is 2. The first-order chi connectivity index (χ1) is 42.5. The van der Waals surface area contributed by atoms with Gasteiger partial charge in [-0.2, -0.15) is 39.5 Å². The molecule has 0 radical (unpaired) electrons. The molecule has 0 heterocycles. The van der Waals surface area contributed by atoms with E-state index in [1.165, 1.54) is 6.92 Å². The number of carboxylic acid groups (broad SMARTS) is 1. The number of sulfonamides is 1. The maximum atomic E-state index is 12.8. The van der Waals surface area contributed by atoms with Crippen LogP contribution in [0.25, 0.3) is 0 Å². The van der Waals surface area contributed by atoms with Crippen molar-refractivity contribution in [1.29, 1.82) is 0 Å². The number of hydrogen-bond donors (Lipinski definition) is 16. The fourth-order valence-electron chi connectivity index (χ4n) is 8.92. The van der Waals surface area contributed by atoms with Gasteiger partial charge in [-0.3, -0.25) is 4.79 Å². The van der Waals surface area contributed by atoms with Gasteiger partial charge in [0.2, 0.25) is 10.0 Å². The number of carbonyl (C=O) groups excluding carboxylic acids is 1. The quantitative estimate of drug-likeness (QED) is 0.0232.